The molecule has 1 atom stereocenters. The number of nitrogens with zero attached hydrogens (tertiary/aromatic N) is 2. The van der Waals surface area contributed by atoms with Gasteiger partial charge in [0.25, 0.3) is 0 Å². The molecule has 0 saturated heterocycles. The molecule has 1 unspecified atom stereocenters. The Balaban J connectivity index is 1.65. The Morgan fingerprint density at radius 2 is 2.12 bits per heavy atom. The highest BCUT2D eigenvalue weighted by Gasteiger charge is 2.24. The van der Waals surface area contributed by atoms with Crippen LogP contribution in [-0.4, -0.2) is 22.5 Å². The lowest BCUT2D eigenvalue weighted by molar-refractivity contribution is 0.189. The second-order valence-corrected chi connectivity index (χ2v) is 8.47. The molecule has 1 aliphatic rings. The largest absolute Gasteiger partial charge is 0.329 e. The van der Waals surface area contributed by atoms with Crippen molar-refractivity contribution in [3.8, 4) is 0 Å². The van der Waals surface area contributed by atoms with Crippen molar-refractivity contribution < 1.29 is 9.18 Å². The van der Waals surface area contributed by atoms with Gasteiger partial charge in [-0.05, 0) is 36.6 Å². The van der Waals surface area contributed by atoms with Gasteiger partial charge in [-0.1, -0.05) is 26.8 Å². The van der Waals surface area contributed by atoms with Crippen molar-refractivity contribution in [3.63, 3.8) is 0 Å². The van der Waals surface area contributed by atoms with Crippen LogP contribution in [0.2, 0.25) is 0 Å². The minimum absolute atomic E-state index is 0.000861. The molecular formula is C19H24FN3OS. The second kappa shape index (κ2) is 6.75. The summed E-state index contributed by atoms with van der Waals surface area (Å²) >= 11 is 1.57. The van der Waals surface area contributed by atoms with E-state index in [-0.39, 0.29) is 23.3 Å². The first kappa shape index (κ1) is 17.9. The number of fused-ring (bicyclic) bond motifs is 1. The van der Waals surface area contributed by atoms with E-state index < -0.39 is 0 Å². The van der Waals surface area contributed by atoms with Crippen molar-refractivity contribution in [2.24, 2.45) is 0 Å². The molecule has 134 valence electrons. The Bertz CT molecular complexity index is 781. The molecule has 0 radical (unpaired) electrons. The second-order valence-electron chi connectivity index (χ2n) is 7.58. The Hall–Kier alpha value is -1.95. The molecule has 25 heavy (non-hydrogen) atoms. The maximum atomic E-state index is 13.4. The van der Waals surface area contributed by atoms with E-state index in [1.165, 1.54) is 12.1 Å². The summed E-state index contributed by atoms with van der Waals surface area (Å²) in [6, 6.07) is 4.53. The Morgan fingerprint density at radius 3 is 2.80 bits per heavy atom. The van der Waals surface area contributed by atoms with E-state index in [4.69, 9.17) is 0 Å². The van der Waals surface area contributed by atoms with E-state index in [1.54, 1.807) is 16.2 Å². The Morgan fingerprint density at radius 1 is 1.36 bits per heavy atom. The number of rotatable bonds is 2. The highest BCUT2D eigenvalue weighted by atomic mass is 32.1. The van der Waals surface area contributed by atoms with Gasteiger partial charge in [-0.25, -0.2) is 14.2 Å². The normalized spacial score (nSPS) is 15.6. The number of thiazole rings is 1. The summed E-state index contributed by atoms with van der Waals surface area (Å²) in [6.07, 6.45) is 0.753. The summed E-state index contributed by atoms with van der Waals surface area (Å²) in [4.78, 5) is 19.0. The number of urea groups is 1. The van der Waals surface area contributed by atoms with E-state index in [1.807, 2.05) is 13.0 Å². The first-order valence-electron chi connectivity index (χ1n) is 8.52. The molecule has 1 aliphatic heterocycles. The van der Waals surface area contributed by atoms with Gasteiger partial charge in [0.2, 0.25) is 0 Å². The zero-order valence-corrected chi connectivity index (χ0v) is 15.9. The first-order valence-corrected chi connectivity index (χ1v) is 9.40. The van der Waals surface area contributed by atoms with Crippen LogP contribution in [0, 0.1) is 5.82 Å². The zero-order chi connectivity index (χ0) is 18.2. The van der Waals surface area contributed by atoms with Crippen molar-refractivity contribution in [1.29, 1.82) is 0 Å². The molecule has 6 heteroatoms. The zero-order valence-electron chi connectivity index (χ0n) is 15.1. The SMILES string of the molecule is CC(NC(=O)N1CCc2ccc(F)cc2C1)c1nc(C(C)(C)C)cs1. The summed E-state index contributed by atoms with van der Waals surface area (Å²) in [5, 5.41) is 5.98. The van der Waals surface area contributed by atoms with Crippen LogP contribution in [0.3, 0.4) is 0 Å². The average Bonchev–Trinajstić information content (AvgIpc) is 3.04. The van der Waals surface area contributed by atoms with Crippen molar-refractivity contribution in [2.75, 3.05) is 6.54 Å². The third-order valence-corrected chi connectivity index (χ3v) is 5.50. The molecule has 2 heterocycles. The average molecular weight is 361 g/mol. The molecule has 1 aromatic carbocycles. The summed E-state index contributed by atoms with van der Waals surface area (Å²) < 4.78 is 13.4. The standard InChI is InChI=1S/C19H24FN3OS/c1-12(17-22-16(11-25-17)19(2,3)4)21-18(24)23-8-7-13-5-6-15(20)9-14(13)10-23/h5-6,9,11-12H,7-8,10H2,1-4H3,(H,21,24). The number of aromatic nitrogens is 1. The summed E-state index contributed by atoms with van der Waals surface area (Å²) in [5.74, 6) is -0.258. The fourth-order valence-electron chi connectivity index (χ4n) is 2.87. The number of carbonyl (C=O) groups is 1. The maximum absolute atomic E-state index is 13.4. The lowest BCUT2D eigenvalue weighted by atomic mass is 9.93. The van der Waals surface area contributed by atoms with Crippen LogP contribution in [0.5, 0.6) is 0 Å². The van der Waals surface area contributed by atoms with Gasteiger partial charge >= 0.3 is 6.03 Å². The van der Waals surface area contributed by atoms with Gasteiger partial charge in [-0.15, -0.1) is 11.3 Å². The monoisotopic (exact) mass is 361 g/mol. The molecule has 0 bridgehead atoms. The van der Waals surface area contributed by atoms with E-state index >= 15 is 0 Å². The molecule has 0 saturated carbocycles. The fourth-order valence-corrected chi connectivity index (χ4v) is 3.92. The predicted octanol–water partition coefficient (Wildman–Crippen LogP) is 4.41. The van der Waals surface area contributed by atoms with Gasteiger partial charge in [-0.2, -0.15) is 0 Å². The Kier molecular flexibility index (Phi) is 4.82. The van der Waals surface area contributed by atoms with Gasteiger partial charge < -0.3 is 10.2 Å². The van der Waals surface area contributed by atoms with Crippen molar-refractivity contribution in [1.82, 2.24) is 15.2 Å². The quantitative estimate of drug-likeness (QED) is 0.861. The van der Waals surface area contributed by atoms with Gasteiger partial charge in [0.05, 0.1) is 11.7 Å². The minimum atomic E-state index is -0.258. The van der Waals surface area contributed by atoms with E-state index in [9.17, 15) is 9.18 Å². The van der Waals surface area contributed by atoms with E-state index in [2.05, 4.69) is 36.5 Å². The highest BCUT2D eigenvalue weighted by Crippen LogP contribution is 2.27. The highest BCUT2D eigenvalue weighted by molar-refractivity contribution is 7.09. The van der Waals surface area contributed by atoms with Crippen molar-refractivity contribution in [2.45, 2.75) is 52.1 Å². The lowest BCUT2D eigenvalue weighted by Gasteiger charge is -2.30. The first-order chi connectivity index (χ1) is 11.7. The lowest BCUT2D eigenvalue weighted by Crippen LogP contribution is -2.43. The molecule has 1 N–H and O–H groups in total. The molecular weight excluding hydrogens is 337 g/mol. The van der Waals surface area contributed by atoms with Gasteiger partial charge in [-0.3, -0.25) is 0 Å². The number of benzene rings is 1. The molecule has 0 aliphatic carbocycles. The van der Waals surface area contributed by atoms with Crippen molar-refractivity contribution >= 4 is 17.4 Å². The van der Waals surface area contributed by atoms with Crippen LogP contribution in [0.25, 0.3) is 0 Å². The number of hydrogen-bond acceptors (Lipinski definition) is 3. The molecule has 2 amide bonds. The summed E-state index contributed by atoms with van der Waals surface area (Å²) in [5.41, 5.74) is 3.04. The van der Waals surface area contributed by atoms with E-state index in [0.717, 1.165) is 28.2 Å². The number of nitrogens with one attached hydrogen (secondary N) is 1. The molecule has 4 nitrogen and oxygen atoms in total. The number of halogens is 1. The molecule has 0 fully saturated rings. The number of amides is 2. The molecule has 0 spiro atoms. The maximum Gasteiger partial charge on any atom is 0.318 e. The van der Waals surface area contributed by atoms with Crippen LogP contribution in [0.15, 0.2) is 23.6 Å². The third-order valence-electron chi connectivity index (χ3n) is 4.47. The minimum Gasteiger partial charge on any atom is -0.329 e. The smallest absolute Gasteiger partial charge is 0.318 e. The van der Waals surface area contributed by atoms with Crippen LogP contribution in [0.1, 0.15) is 55.6 Å². The Labute approximate surface area is 152 Å². The predicted molar refractivity (Wildman–Crippen MR) is 98.3 cm³/mol. The number of hydrogen-bond donors (Lipinski definition) is 1. The molecule has 3 rings (SSSR count). The van der Waals surface area contributed by atoms with Crippen molar-refractivity contribution in [3.05, 3.63) is 51.2 Å². The van der Waals surface area contributed by atoms with E-state index in [0.29, 0.717) is 13.1 Å². The van der Waals surface area contributed by atoms with Gasteiger partial charge in [0.15, 0.2) is 0 Å². The van der Waals surface area contributed by atoms with Gasteiger partial charge in [0.1, 0.15) is 10.8 Å². The summed E-state index contributed by atoms with van der Waals surface area (Å²) in [7, 11) is 0. The fraction of sp³-hybridized carbons (Fsp3) is 0.474. The van der Waals surface area contributed by atoms with Crippen LogP contribution in [-0.2, 0) is 18.4 Å². The van der Waals surface area contributed by atoms with Gasteiger partial charge in [0, 0.05) is 23.9 Å². The van der Waals surface area contributed by atoms with Crippen LogP contribution in [0.4, 0.5) is 9.18 Å². The molecule has 1 aromatic heterocycles. The molecule has 2 aromatic rings. The van der Waals surface area contributed by atoms with Crippen LogP contribution >= 0.6 is 11.3 Å². The number of carbonyl (C=O) groups excluding carboxylic acids is 1. The third kappa shape index (κ3) is 4.00. The topological polar surface area (TPSA) is 45.2 Å². The summed E-state index contributed by atoms with van der Waals surface area (Å²) in [6.45, 7) is 9.40. The van der Waals surface area contributed by atoms with Crippen LogP contribution < -0.4 is 5.32 Å².